The number of methoxy groups -OCH3 is 1. The molecule has 0 aliphatic carbocycles. The van der Waals surface area contributed by atoms with Gasteiger partial charge in [-0.25, -0.2) is 4.98 Å². The summed E-state index contributed by atoms with van der Waals surface area (Å²) in [4.78, 5) is 20.9. The van der Waals surface area contributed by atoms with Gasteiger partial charge in [-0.05, 0) is 78.1 Å². The number of hydrogen-bond acceptors (Lipinski definition) is 5. The van der Waals surface area contributed by atoms with Crippen molar-refractivity contribution in [2.24, 2.45) is 5.10 Å². The van der Waals surface area contributed by atoms with Gasteiger partial charge in [0.15, 0.2) is 5.82 Å². The van der Waals surface area contributed by atoms with Crippen LogP contribution in [0.2, 0.25) is 0 Å². The van der Waals surface area contributed by atoms with Crippen molar-refractivity contribution in [3.63, 3.8) is 0 Å². The van der Waals surface area contributed by atoms with E-state index in [2.05, 4.69) is 49.3 Å². The molecule has 5 rings (SSSR count). The Kier molecular flexibility index (Phi) is 7.43. The fourth-order valence-corrected chi connectivity index (χ4v) is 5.18. The van der Waals surface area contributed by atoms with Crippen LogP contribution in [0.15, 0.2) is 111 Å². The van der Waals surface area contributed by atoms with Crippen molar-refractivity contribution < 1.29 is 4.74 Å². The predicted octanol–water partition coefficient (Wildman–Crippen LogP) is 7.54. The van der Waals surface area contributed by atoms with E-state index in [9.17, 15) is 4.79 Å². The highest BCUT2D eigenvalue weighted by molar-refractivity contribution is 7.99. The van der Waals surface area contributed by atoms with Crippen molar-refractivity contribution in [2.45, 2.75) is 36.5 Å². The van der Waals surface area contributed by atoms with Gasteiger partial charge in [-0.15, -0.1) is 0 Å². The summed E-state index contributed by atoms with van der Waals surface area (Å²) in [6.07, 6.45) is 1.71. The van der Waals surface area contributed by atoms with Crippen molar-refractivity contribution in [1.82, 2.24) is 9.66 Å². The number of benzene rings is 4. The predicted molar refractivity (Wildman–Crippen MR) is 157 cm³/mol. The van der Waals surface area contributed by atoms with Crippen LogP contribution < -0.4 is 10.3 Å². The SMILES string of the molecule is COc1cc(C)c(-c2nc3ccccc3c(=O)n2N=Cc2ccc(Sc3ccccc3)cc2)cc1C(C)C. The molecule has 4 aromatic carbocycles. The van der Waals surface area contributed by atoms with E-state index < -0.39 is 0 Å². The number of nitrogens with zero attached hydrogens (tertiary/aromatic N) is 3. The fraction of sp³-hybridized carbons (Fsp3) is 0.156. The van der Waals surface area contributed by atoms with Gasteiger partial charge in [0.05, 0.1) is 24.2 Å². The molecule has 0 atom stereocenters. The molecule has 6 heteroatoms. The third-order valence-electron chi connectivity index (χ3n) is 6.37. The Morgan fingerprint density at radius 3 is 2.32 bits per heavy atom. The second-order valence-electron chi connectivity index (χ2n) is 9.36. The summed E-state index contributed by atoms with van der Waals surface area (Å²) in [5.74, 6) is 1.57. The molecule has 0 N–H and O–H groups in total. The minimum Gasteiger partial charge on any atom is -0.496 e. The molecule has 0 saturated heterocycles. The highest BCUT2D eigenvalue weighted by atomic mass is 32.2. The zero-order chi connectivity index (χ0) is 26.6. The Balaban J connectivity index is 1.58. The van der Waals surface area contributed by atoms with Crippen LogP contribution in [-0.4, -0.2) is 23.0 Å². The lowest BCUT2D eigenvalue weighted by Gasteiger charge is -2.17. The van der Waals surface area contributed by atoms with Gasteiger partial charge in [-0.3, -0.25) is 4.79 Å². The number of para-hydroxylation sites is 1. The Hall–Kier alpha value is -4.16. The maximum absolute atomic E-state index is 13.6. The van der Waals surface area contributed by atoms with Crippen molar-refractivity contribution >= 4 is 28.9 Å². The number of aromatic nitrogens is 2. The van der Waals surface area contributed by atoms with Crippen molar-refractivity contribution in [2.75, 3.05) is 7.11 Å². The molecule has 0 bridgehead atoms. The normalized spacial score (nSPS) is 11.5. The van der Waals surface area contributed by atoms with Crippen LogP contribution in [0.3, 0.4) is 0 Å². The van der Waals surface area contributed by atoms with Crippen LogP contribution in [0.4, 0.5) is 0 Å². The summed E-state index contributed by atoms with van der Waals surface area (Å²) >= 11 is 1.70. The lowest BCUT2D eigenvalue weighted by Crippen LogP contribution is -2.20. The Morgan fingerprint density at radius 1 is 0.921 bits per heavy atom. The minimum absolute atomic E-state index is 0.209. The van der Waals surface area contributed by atoms with Gasteiger partial charge in [0.1, 0.15) is 5.75 Å². The van der Waals surface area contributed by atoms with Gasteiger partial charge < -0.3 is 4.74 Å². The van der Waals surface area contributed by atoms with E-state index in [1.165, 1.54) is 9.57 Å². The molecule has 5 nitrogen and oxygen atoms in total. The van der Waals surface area contributed by atoms with E-state index in [1.54, 1.807) is 31.2 Å². The summed E-state index contributed by atoms with van der Waals surface area (Å²) in [5, 5.41) is 5.18. The third-order valence-corrected chi connectivity index (χ3v) is 7.39. The van der Waals surface area contributed by atoms with Gasteiger partial charge in [0.2, 0.25) is 0 Å². The quantitative estimate of drug-likeness (QED) is 0.209. The van der Waals surface area contributed by atoms with E-state index >= 15 is 0 Å². The molecule has 190 valence electrons. The first-order chi connectivity index (χ1) is 18.4. The number of hydrogen-bond donors (Lipinski definition) is 0. The highest BCUT2D eigenvalue weighted by Gasteiger charge is 2.18. The summed E-state index contributed by atoms with van der Waals surface area (Å²) in [7, 11) is 1.68. The van der Waals surface area contributed by atoms with E-state index in [-0.39, 0.29) is 11.5 Å². The highest BCUT2D eigenvalue weighted by Crippen LogP contribution is 2.34. The first kappa shape index (κ1) is 25.5. The lowest BCUT2D eigenvalue weighted by atomic mass is 9.96. The number of rotatable bonds is 7. The second-order valence-corrected chi connectivity index (χ2v) is 10.5. The molecule has 0 amide bonds. The van der Waals surface area contributed by atoms with Gasteiger partial charge in [0.25, 0.3) is 5.56 Å². The standard InChI is InChI=1S/C32H29N3O2S/c1-21(2)27-19-28(22(3)18-30(27)37-4)31-34-29-13-9-8-12-26(29)32(36)35(31)33-20-23-14-16-25(17-15-23)38-24-10-6-5-7-11-24/h5-21H,1-4H3. The summed E-state index contributed by atoms with van der Waals surface area (Å²) < 4.78 is 7.05. The zero-order valence-electron chi connectivity index (χ0n) is 21.9. The molecule has 0 saturated carbocycles. The molecule has 1 aromatic heterocycles. The monoisotopic (exact) mass is 519 g/mol. The molecule has 0 aliphatic heterocycles. The Morgan fingerprint density at radius 2 is 1.61 bits per heavy atom. The zero-order valence-corrected chi connectivity index (χ0v) is 22.7. The topological polar surface area (TPSA) is 56.5 Å². The number of ether oxygens (including phenoxy) is 1. The lowest BCUT2D eigenvalue weighted by molar-refractivity contribution is 0.407. The molecule has 0 fully saturated rings. The van der Waals surface area contributed by atoms with Crippen LogP contribution in [0, 0.1) is 6.92 Å². The largest absolute Gasteiger partial charge is 0.496 e. The van der Waals surface area contributed by atoms with Gasteiger partial charge in [-0.1, -0.05) is 68.1 Å². The summed E-state index contributed by atoms with van der Waals surface area (Å²) in [6, 6.07) is 29.8. The van der Waals surface area contributed by atoms with Crippen molar-refractivity contribution in [3.8, 4) is 17.1 Å². The van der Waals surface area contributed by atoms with E-state index in [4.69, 9.17) is 9.72 Å². The third kappa shape index (κ3) is 5.27. The van der Waals surface area contributed by atoms with E-state index in [0.29, 0.717) is 16.7 Å². The van der Waals surface area contributed by atoms with Crippen LogP contribution in [0.5, 0.6) is 5.75 Å². The first-order valence-electron chi connectivity index (χ1n) is 12.5. The van der Waals surface area contributed by atoms with Crippen LogP contribution in [0.25, 0.3) is 22.3 Å². The van der Waals surface area contributed by atoms with Gasteiger partial charge in [-0.2, -0.15) is 9.78 Å². The average molecular weight is 520 g/mol. The Bertz CT molecular complexity index is 1670. The molecule has 0 aliphatic rings. The summed E-state index contributed by atoms with van der Waals surface area (Å²) in [6.45, 7) is 6.24. The van der Waals surface area contributed by atoms with E-state index in [0.717, 1.165) is 32.9 Å². The molecule has 38 heavy (non-hydrogen) atoms. The number of aryl methyl sites for hydroxylation is 1. The average Bonchev–Trinajstić information content (AvgIpc) is 2.93. The second kappa shape index (κ2) is 11.1. The van der Waals surface area contributed by atoms with Crippen LogP contribution in [0.1, 0.15) is 36.5 Å². The first-order valence-corrected chi connectivity index (χ1v) is 13.3. The minimum atomic E-state index is -0.209. The Labute approximate surface area is 226 Å². The molecule has 1 heterocycles. The molecular formula is C32H29N3O2S. The molecule has 0 spiro atoms. The van der Waals surface area contributed by atoms with Crippen molar-refractivity contribution in [3.05, 3.63) is 118 Å². The molecular weight excluding hydrogens is 490 g/mol. The summed E-state index contributed by atoms with van der Waals surface area (Å²) in [5.41, 5.74) is 4.19. The van der Waals surface area contributed by atoms with Gasteiger partial charge in [0, 0.05) is 15.4 Å². The number of fused-ring (bicyclic) bond motifs is 1. The van der Waals surface area contributed by atoms with Crippen LogP contribution >= 0.6 is 11.8 Å². The molecule has 5 aromatic rings. The maximum Gasteiger partial charge on any atom is 0.282 e. The van der Waals surface area contributed by atoms with Gasteiger partial charge >= 0.3 is 0 Å². The van der Waals surface area contributed by atoms with Crippen LogP contribution in [-0.2, 0) is 0 Å². The molecule has 0 radical (unpaired) electrons. The van der Waals surface area contributed by atoms with Crippen molar-refractivity contribution in [1.29, 1.82) is 0 Å². The molecule has 0 unspecified atom stereocenters. The fourth-order valence-electron chi connectivity index (χ4n) is 4.34. The van der Waals surface area contributed by atoms with E-state index in [1.807, 2.05) is 61.5 Å². The maximum atomic E-state index is 13.6. The smallest absolute Gasteiger partial charge is 0.282 e.